The molecule has 7 nitrogen and oxygen atoms in total. The Morgan fingerprint density at radius 2 is 1.97 bits per heavy atom. The molecule has 0 saturated carbocycles. The number of nitrogens with zero attached hydrogens (tertiary/aromatic N) is 4. The Morgan fingerprint density at radius 1 is 1.20 bits per heavy atom. The van der Waals surface area contributed by atoms with Crippen LogP contribution in [0.15, 0.2) is 23.7 Å². The Kier molecular flexibility index (Phi) is 5.65. The zero-order valence-electron chi connectivity index (χ0n) is 16.5. The molecule has 30 heavy (non-hydrogen) atoms. The first-order valence-corrected chi connectivity index (χ1v) is 10.3. The van der Waals surface area contributed by atoms with Crippen molar-refractivity contribution in [3.8, 4) is 0 Å². The van der Waals surface area contributed by atoms with Crippen LogP contribution >= 0.6 is 11.3 Å². The van der Waals surface area contributed by atoms with Gasteiger partial charge in [0.2, 0.25) is 5.95 Å². The van der Waals surface area contributed by atoms with Crippen molar-refractivity contribution in [2.75, 3.05) is 48.9 Å². The molecule has 4 rings (SSSR count). The highest BCUT2D eigenvalue weighted by Gasteiger charge is 2.32. The van der Waals surface area contributed by atoms with Gasteiger partial charge in [-0.05, 0) is 19.1 Å². The maximum Gasteiger partial charge on any atom is 0.417 e. The lowest BCUT2D eigenvalue weighted by Gasteiger charge is -2.28. The number of anilines is 3. The highest BCUT2D eigenvalue weighted by molar-refractivity contribution is 7.10. The standard InChI is InChI=1S/C19H21F3N6OS/c1-11(15-7-12(10-30-15)19(20,21)22)25-17-13-8-16(28-3-5-29-6-4-28)24-9-14(13)26-18(23-2)27-17/h7-11H,3-6H2,1-2H3,(H2,23,25,26,27). The number of hydrogen-bond acceptors (Lipinski definition) is 8. The van der Waals surface area contributed by atoms with Gasteiger partial charge in [0.15, 0.2) is 0 Å². The maximum absolute atomic E-state index is 13.0. The number of hydrogen-bond donors (Lipinski definition) is 2. The zero-order chi connectivity index (χ0) is 21.3. The van der Waals surface area contributed by atoms with E-state index in [2.05, 4.69) is 30.5 Å². The monoisotopic (exact) mass is 438 g/mol. The summed E-state index contributed by atoms with van der Waals surface area (Å²) in [5.41, 5.74) is 0.00151. The normalized spacial score (nSPS) is 16.0. The molecule has 1 aliphatic rings. The van der Waals surface area contributed by atoms with Crippen LogP contribution in [0.1, 0.15) is 23.4 Å². The number of rotatable bonds is 5. The molecule has 3 aromatic heterocycles. The van der Waals surface area contributed by atoms with E-state index >= 15 is 0 Å². The van der Waals surface area contributed by atoms with E-state index in [-0.39, 0.29) is 6.04 Å². The molecule has 3 aromatic rings. The Morgan fingerprint density at radius 3 is 2.63 bits per heavy atom. The molecule has 1 unspecified atom stereocenters. The van der Waals surface area contributed by atoms with Gasteiger partial charge < -0.3 is 20.3 Å². The predicted octanol–water partition coefficient (Wildman–Crippen LogP) is 4.16. The second-order valence-corrected chi connectivity index (χ2v) is 7.85. The molecule has 1 fully saturated rings. The number of ether oxygens (including phenoxy) is 1. The quantitative estimate of drug-likeness (QED) is 0.620. The fraction of sp³-hybridized carbons (Fsp3) is 0.421. The molecule has 0 aliphatic carbocycles. The van der Waals surface area contributed by atoms with Crippen LogP contribution in [0.5, 0.6) is 0 Å². The number of pyridine rings is 1. The van der Waals surface area contributed by atoms with Gasteiger partial charge in [-0.3, -0.25) is 0 Å². The van der Waals surface area contributed by atoms with Crippen LogP contribution in [0.2, 0.25) is 0 Å². The first-order chi connectivity index (χ1) is 14.3. The fourth-order valence-corrected chi connectivity index (χ4v) is 4.14. The summed E-state index contributed by atoms with van der Waals surface area (Å²) >= 11 is 1.07. The lowest BCUT2D eigenvalue weighted by molar-refractivity contribution is -0.137. The van der Waals surface area contributed by atoms with E-state index in [1.54, 1.807) is 13.2 Å². The van der Waals surface area contributed by atoms with Crippen molar-refractivity contribution in [3.63, 3.8) is 0 Å². The van der Waals surface area contributed by atoms with E-state index in [4.69, 9.17) is 4.74 Å². The summed E-state index contributed by atoms with van der Waals surface area (Å²) in [7, 11) is 1.71. The average molecular weight is 438 g/mol. The third-order valence-electron chi connectivity index (χ3n) is 4.85. The van der Waals surface area contributed by atoms with E-state index in [0.29, 0.717) is 35.4 Å². The second kappa shape index (κ2) is 8.23. The minimum atomic E-state index is -4.35. The molecular formula is C19H21F3N6OS. The smallest absolute Gasteiger partial charge is 0.378 e. The summed E-state index contributed by atoms with van der Waals surface area (Å²) in [6.45, 7) is 4.56. The first kappa shape index (κ1) is 20.6. The molecule has 1 atom stereocenters. The van der Waals surface area contributed by atoms with Crippen LogP contribution in [-0.2, 0) is 10.9 Å². The van der Waals surface area contributed by atoms with Crippen molar-refractivity contribution >= 4 is 39.8 Å². The van der Waals surface area contributed by atoms with Gasteiger partial charge in [0.05, 0.1) is 36.5 Å². The number of morpholine rings is 1. The number of halogens is 3. The molecule has 0 spiro atoms. The largest absolute Gasteiger partial charge is 0.417 e. The maximum atomic E-state index is 13.0. The van der Waals surface area contributed by atoms with E-state index in [9.17, 15) is 13.2 Å². The van der Waals surface area contributed by atoms with Crippen molar-refractivity contribution in [2.45, 2.75) is 19.1 Å². The van der Waals surface area contributed by atoms with E-state index in [1.165, 1.54) is 6.07 Å². The van der Waals surface area contributed by atoms with Crippen molar-refractivity contribution in [3.05, 3.63) is 34.2 Å². The third-order valence-corrected chi connectivity index (χ3v) is 5.97. The van der Waals surface area contributed by atoms with Gasteiger partial charge in [0.25, 0.3) is 0 Å². The Balaban J connectivity index is 1.67. The molecule has 1 saturated heterocycles. The van der Waals surface area contributed by atoms with Gasteiger partial charge in [-0.1, -0.05) is 0 Å². The van der Waals surface area contributed by atoms with Crippen LogP contribution in [0.3, 0.4) is 0 Å². The number of thiophene rings is 1. The molecule has 0 amide bonds. The number of fused-ring (bicyclic) bond motifs is 1. The van der Waals surface area contributed by atoms with Gasteiger partial charge in [0.1, 0.15) is 11.6 Å². The topological polar surface area (TPSA) is 75.2 Å². The van der Waals surface area contributed by atoms with Crippen LogP contribution in [-0.4, -0.2) is 48.3 Å². The second-order valence-electron chi connectivity index (χ2n) is 6.91. The molecule has 2 N–H and O–H groups in total. The van der Waals surface area contributed by atoms with Crippen molar-refractivity contribution < 1.29 is 17.9 Å². The summed E-state index contributed by atoms with van der Waals surface area (Å²) in [4.78, 5) is 16.2. The molecule has 4 heterocycles. The Hall–Kier alpha value is -2.66. The summed E-state index contributed by atoms with van der Waals surface area (Å²) < 4.78 is 44.3. The number of nitrogens with one attached hydrogen (secondary N) is 2. The molecule has 0 bridgehead atoms. The van der Waals surface area contributed by atoms with Crippen molar-refractivity contribution in [1.29, 1.82) is 0 Å². The van der Waals surface area contributed by atoms with E-state index in [1.807, 2.05) is 13.0 Å². The van der Waals surface area contributed by atoms with Crippen molar-refractivity contribution in [1.82, 2.24) is 15.0 Å². The van der Waals surface area contributed by atoms with E-state index in [0.717, 1.165) is 41.0 Å². The SMILES string of the molecule is CNc1nc(NC(C)c2cc(C(F)(F)F)cs2)c2cc(N3CCOCC3)ncc2n1. The minimum Gasteiger partial charge on any atom is -0.378 e. The minimum absolute atomic E-state index is 0.367. The lowest BCUT2D eigenvalue weighted by Crippen LogP contribution is -2.36. The van der Waals surface area contributed by atoms with Gasteiger partial charge in [-0.15, -0.1) is 11.3 Å². The zero-order valence-corrected chi connectivity index (χ0v) is 17.3. The van der Waals surface area contributed by atoms with Crippen LogP contribution in [0.4, 0.5) is 30.8 Å². The third kappa shape index (κ3) is 4.26. The molecule has 1 aliphatic heterocycles. The lowest BCUT2D eigenvalue weighted by atomic mass is 10.2. The number of aromatic nitrogens is 3. The first-order valence-electron chi connectivity index (χ1n) is 9.45. The van der Waals surface area contributed by atoms with Crippen LogP contribution < -0.4 is 15.5 Å². The van der Waals surface area contributed by atoms with E-state index < -0.39 is 11.7 Å². The van der Waals surface area contributed by atoms with Crippen molar-refractivity contribution in [2.24, 2.45) is 0 Å². The van der Waals surface area contributed by atoms with Gasteiger partial charge >= 0.3 is 6.18 Å². The predicted molar refractivity (Wildman–Crippen MR) is 111 cm³/mol. The molecule has 0 radical (unpaired) electrons. The van der Waals surface area contributed by atoms with Gasteiger partial charge in [0, 0.05) is 35.8 Å². The highest BCUT2D eigenvalue weighted by atomic mass is 32.1. The Labute approximate surface area is 175 Å². The molecule has 0 aromatic carbocycles. The summed E-state index contributed by atoms with van der Waals surface area (Å²) in [6, 6.07) is 2.71. The summed E-state index contributed by atoms with van der Waals surface area (Å²) in [5, 5.41) is 8.05. The molecular weight excluding hydrogens is 417 g/mol. The molecule has 11 heteroatoms. The highest BCUT2D eigenvalue weighted by Crippen LogP contribution is 2.36. The summed E-state index contributed by atoms with van der Waals surface area (Å²) in [5.74, 6) is 1.73. The number of alkyl halides is 3. The van der Waals surface area contributed by atoms with Crippen LogP contribution in [0, 0.1) is 0 Å². The van der Waals surface area contributed by atoms with Crippen LogP contribution in [0.25, 0.3) is 10.9 Å². The average Bonchev–Trinajstić information content (AvgIpc) is 3.25. The van der Waals surface area contributed by atoms with Gasteiger partial charge in [-0.2, -0.15) is 18.2 Å². The van der Waals surface area contributed by atoms with Gasteiger partial charge in [-0.25, -0.2) is 9.97 Å². The Bertz CT molecular complexity index is 1030. The fourth-order valence-electron chi connectivity index (χ4n) is 3.21. The summed E-state index contributed by atoms with van der Waals surface area (Å²) in [6.07, 6.45) is -2.67. The molecule has 160 valence electrons.